The van der Waals surface area contributed by atoms with Crippen molar-refractivity contribution in [3.05, 3.63) is 35.9 Å². The molecular weight excluding hydrogens is 316 g/mol. The molecule has 1 atom stereocenters. The quantitative estimate of drug-likeness (QED) is 0.821. The lowest BCUT2D eigenvalue weighted by Crippen LogP contribution is -3.15. The van der Waals surface area contributed by atoms with Crippen molar-refractivity contribution >= 4 is 5.91 Å². The van der Waals surface area contributed by atoms with Crippen molar-refractivity contribution in [2.75, 3.05) is 46.9 Å². The molecule has 1 amide bonds. The molecule has 1 N–H and O–H groups in total. The molecule has 0 radical (unpaired) electrons. The third kappa shape index (κ3) is 4.15. The number of carbonyl (C=O) groups is 1. The van der Waals surface area contributed by atoms with E-state index < -0.39 is 0 Å². The van der Waals surface area contributed by atoms with E-state index >= 15 is 0 Å². The predicted molar refractivity (Wildman–Crippen MR) is 97.5 cm³/mol. The Kier molecular flexibility index (Phi) is 5.97. The van der Waals surface area contributed by atoms with Crippen LogP contribution in [-0.4, -0.2) is 57.8 Å². The van der Waals surface area contributed by atoms with Gasteiger partial charge in [-0.25, -0.2) is 0 Å². The number of allylic oxidation sites excluding steroid dienone is 2. The normalized spacial score (nSPS) is 21.2. The van der Waals surface area contributed by atoms with Gasteiger partial charge in [0.15, 0.2) is 0 Å². The van der Waals surface area contributed by atoms with Crippen LogP contribution >= 0.6 is 0 Å². The maximum absolute atomic E-state index is 13.0. The van der Waals surface area contributed by atoms with Crippen LogP contribution in [0.1, 0.15) is 29.6 Å². The molecule has 1 aromatic carbocycles. The van der Waals surface area contributed by atoms with E-state index in [0.717, 1.165) is 32.1 Å². The minimum atomic E-state index is 0.00829. The summed E-state index contributed by atoms with van der Waals surface area (Å²) in [6.45, 7) is 4.84. The highest BCUT2D eigenvalue weighted by atomic mass is 16.5. The van der Waals surface area contributed by atoms with Gasteiger partial charge in [0.05, 0.1) is 46.9 Å². The van der Waals surface area contributed by atoms with Crippen LogP contribution in [0.25, 0.3) is 0 Å². The number of methoxy groups -OCH3 is 2. The molecule has 1 aliphatic heterocycles. The first-order valence-electron chi connectivity index (χ1n) is 9.21. The molecular formula is C20H29N2O3+. The topological polar surface area (TPSA) is 43.2 Å². The van der Waals surface area contributed by atoms with Gasteiger partial charge < -0.3 is 19.3 Å². The van der Waals surface area contributed by atoms with E-state index in [2.05, 4.69) is 12.2 Å². The number of amides is 1. The Morgan fingerprint density at radius 2 is 1.84 bits per heavy atom. The Labute approximate surface area is 150 Å². The van der Waals surface area contributed by atoms with Crippen LogP contribution < -0.4 is 14.4 Å². The first kappa shape index (κ1) is 17.8. The van der Waals surface area contributed by atoms with Crippen molar-refractivity contribution in [3.8, 4) is 11.5 Å². The largest absolute Gasteiger partial charge is 0.496 e. The van der Waals surface area contributed by atoms with E-state index in [9.17, 15) is 4.79 Å². The highest BCUT2D eigenvalue weighted by molar-refractivity contribution is 5.99. The fourth-order valence-corrected chi connectivity index (χ4v) is 3.90. The van der Waals surface area contributed by atoms with Crippen LogP contribution in [0, 0.1) is 5.92 Å². The van der Waals surface area contributed by atoms with E-state index in [1.165, 1.54) is 25.8 Å². The highest BCUT2D eigenvalue weighted by Crippen LogP contribution is 2.29. The Morgan fingerprint density at radius 1 is 1.16 bits per heavy atom. The van der Waals surface area contributed by atoms with E-state index in [4.69, 9.17) is 9.47 Å². The van der Waals surface area contributed by atoms with Crippen LogP contribution in [0.15, 0.2) is 30.4 Å². The minimum absolute atomic E-state index is 0.00829. The molecule has 1 saturated heterocycles. The molecule has 1 aliphatic carbocycles. The molecule has 25 heavy (non-hydrogen) atoms. The van der Waals surface area contributed by atoms with Gasteiger partial charge in [-0.15, -0.1) is 0 Å². The molecule has 0 unspecified atom stereocenters. The molecule has 0 saturated carbocycles. The average Bonchev–Trinajstić information content (AvgIpc) is 2.68. The maximum atomic E-state index is 13.0. The van der Waals surface area contributed by atoms with Gasteiger partial charge in [-0.3, -0.25) is 4.79 Å². The number of rotatable bonds is 5. The summed E-state index contributed by atoms with van der Waals surface area (Å²) < 4.78 is 10.8. The van der Waals surface area contributed by atoms with Gasteiger partial charge in [-0.1, -0.05) is 18.2 Å². The summed E-state index contributed by atoms with van der Waals surface area (Å²) in [6, 6.07) is 5.47. The first-order valence-corrected chi connectivity index (χ1v) is 9.21. The molecule has 136 valence electrons. The number of benzene rings is 1. The zero-order valence-corrected chi connectivity index (χ0v) is 15.3. The maximum Gasteiger partial charge on any atom is 0.261 e. The van der Waals surface area contributed by atoms with Crippen LogP contribution in [0.4, 0.5) is 0 Å². The summed E-state index contributed by atoms with van der Waals surface area (Å²) >= 11 is 0. The summed E-state index contributed by atoms with van der Waals surface area (Å²) in [5.41, 5.74) is 0.536. The number of hydrogen-bond acceptors (Lipinski definition) is 3. The van der Waals surface area contributed by atoms with Crippen LogP contribution in [0.5, 0.6) is 11.5 Å². The van der Waals surface area contributed by atoms with Crippen molar-refractivity contribution in [1.82, 2.24) is 4.90 Å². The van der Waals surface area contributed by atoms with Crippen molar-refractivity contribution in [2.24, 2.45) is 5.92 Å². The lowest BCUT2D eigenvalue weighted by molar-refractivity contribution is -0.907. The van der Waals surface area contributed by atoms with E-state index in [-0.39, 0.29) is 5.91 Å². The van der Waals surface area contributed by atoms with Gasteiger partial charge >= 0.3 is 0 Å². The smallest absolute Gasteiger partial charge is 0.261 e. The zero-order chi connectivity index (χ0) is 17.6. The Balaban J connectivity index is 1.61. The second-order valence-electron chi connectivity index (χ2n) is 6.93. The summed E-state index contributed by atoms with van der Waals surface area (Å²) in [4.78, 5) is 16.6. The molecule has 5 nitrogen and oxygen atoms in total. The van der Waals surface area contributed by atoms with Gasteiger partial charge in [0.25, 0.3) is 5.91 Å². The van der Waals surface area contributed by atoms with Crippen LogP contribution in [0.3, 0.4) is 0 Å². The number of nitrogens with one attached hydrogen (secondary N) is 1. The average molecular weight is 345 g/mol. The van der Waals surface area contributed by atoms with Crippen molar-refractivity contribution in [1.29, 1.82) is 0 Å². The lowest BCUT2D eigenvalue weighted by atomic mass is 9.94. The number of ether oxygens (including phenoxy) is 2. The Bertz CT molecular complexity index is 599. The van der Waals surface area contributed by atoms with Crippen molar-refractivity contribution in [2.45, 2.75) is 19.3 Å². The second kappa shape index (κ2) is 8.39. The van der Waals surface area contributed by atoms with Crippen molar-refractivity contribution in [3.63, 3.8) is 0 Å². The number of quaternary nitrogens is 1. The van der Waals surface area contributed by atoms with E-state index in [0.29, 0.717) is 17.1 Å². The van der Waals surface area contributed by atoms with E-state index in [1.54, 1.807) is 19.1 Å². The third-order valence-electron chi connectivity index (χ3n) is 5.35. The summed E-state index contributed by atoms with van der Waals surface area (Å²) in [5.74, 6) is 1.96. The number of piperazine rings is 1. The fraction of sp³-hybridized carbons (Fsp3) is 0.550. The predicted octanol–water partition coefficient (Wildman–Crippen LogP) is 1.40. The standard InChI is InChI=1S/C20H28N2O3/c1-24-17-9-6-10-18(25-2)19(17)20(23)22-13-11-21(12-14-22)15-16-7-4-3-5-8-16/h3-4,6,9-10,16H,5,7-8,11-15H2,1-2H3/p+1/t16-/m1/s1. The monoisotopic (exact) mass is 345 g/mol. The Morgan fingerprint density at radius 3 is 2.40 bits per heavy atom. The zero-order valence-electron chi connectivity index (χ0n) is 15.3. The molecule has 3 rings (SSSR count). The van der Waals surface area contributed by atoms with Gasteiger partial charge in [0, 0.05) is 5.92 Å². The molecule has 0 spiro atoms. The molecule has 1 heterocycles. The Hall–Kier alpha value is -2.01. The second-order valence-corrected chi connectivity index (χ2v) is 6.93. The summed E-state index contributed by atoms with van der Waals surface area (Å²) in [6.07, 6.45) is 8.35. The van der Waals surface area contributed by atoms with E-state index in [1.807, 2.05) is 23.1 Å². The summed E-state index contributed by atoms with van der Waals surface area (Å²) in [5, 5.41) is 0. The lowest BCUT2D eigenvalue weighted by Gasteiger charge is -2.34. The van der Waals surface area contributed by atoms with Crippen LogP contribution in [-0.2, 0) is 0 Å². The molecule has 1 fully saturated rings. The van der Waals surface area contributed by atoms with Gasteiger partial charge in [0.2, 0.25) is 0 Å². The fourth-order valence-electron chi connectivity index (χ4n) is 3.90. The third-order valence-corrected chi connectivity index (χ3v) is 5.35. The minimum Gasteiger partial charge on any atom is -0.496 e. The molecule has 5 heteroatoms. The SMILES string of the molecule is COc1cccc(OC)c1C(=O)N1CC[NH+](C[C@@H]2CC=CCC2)CC1. The number of carbonyl (C=O) groups excluding carboxylic acids is 1. The van der Waals surface area contributed by atoms with Crippen LogP contribution in [0.2, 0.25) is 0 Å². The van der Waals surface area contributed by atoms with Gasteiger partial charge in [-0.05, 0) is 31.4 Å². The first-order chi connectivity index (χ1) is 12.2. The molecule has 2 aliphatic rings. The van der Waals surface area contributed by atoms with Crippen molar-refractivity contribution < 1.29 is 19.2 Å². The summed E-state index contributed by atoms with van der Waals surface area (Å²) in [7, 11) is 3.18. The molecule has 0 aromatic heterocycles. The highest BCUT2D eigenvalue weighted by Gasteiger charge is 2.29. The number of hydrogen-bond donors (Lipinski definition) is 1. The van der Waals surface area contributed by atoms with Gasteiger partial charge in [-0.2, -0.15) is 0 Å². The number of nitrogens with zero attached hydrogens (tertiary/aromatic N) is 1. The molecule has 0 bridgehead atoms. The van der Waals surface area contributed by atoms with Gasteiger partial charge in [0.1, 0.15) is 17.1 Å². The molecule has 1 aromatic rings.